The fraction of sp³-hybridized carbons (Fsp3) is 0.600. The molecule has 0 saturated heterocycles. The average Bonchev–Trinajstić information content (AvgIpc) is 2.85. The van der Waals surface area contributed by atoms with E-state index in [-0.39, 0.29) is 0 Å². The summed E-state index contributed by atoms with van der Waals surface area (Å²) < 4.78 is 0. The molecule has 1 fully saturated rings. The van der Waals surface area contributed by atoms with Gasteiger partial charge in [-0.3, -0.25) is 0 Å². The Balaban J connectivity index is 2.06. The molecule has 1 aliphatic carbocycles. The second kappa shape index (κ2) is 5.26. The zero-order valence-corrected chi connectivity index (χ0v) is 11.3. The van der Waals surface area contributed by atoms with Crippen molar-refractivity contribution in [3.8, 4) is 6.07 Å². The highest BCUT2D eigenvalue weighted by Crippen LogP contribution is 2.33. The topological polar surface area (TPSA) is 48.7 Å². The fourth-order valence-electron chi connectivity index (χ4n) is 1.96. The number of hydrogen-bond donors (Lipinski definition) is 1. The summed E-state index contributed by atoms with van der Waals surface area (Å²) in [5.74, 6) is 0. The van der Waals surface area contributed by atoms with Gasteiger partial charge in [-0.05, 0) is 19.1 Å². The Hall–Kier alpha value is -0.440. The second-order valence-electron chi connectivity index (χ2n) is 3.71. The van der Waals surface area contributed by atoms with Gasteiger partial charge in [-0.2, -0.15) is 17.0 Å². The molecule has 0 aliphatic heterocycles. The standard InChI is InChI=1S/C10H12ClN3S2/c1-15-7-4-2-3-6(7)13-10-14-9(11)8(5-12)16-10/h6-7H,2-4H2,1H3,(H,13,14). The van der Waals surface area contributed by atoms with Crippen molar-refractivity contribution in [2.45, 2.75) is 30.6 Å². The molecule has 1 N–H and O–H groups in total. The van der Waals surface area contributed by atoms with Gasteiger partial charge in [-0.25, -0.2) is 4.98 Å². The molecular weight excluding hydrogens is 262 g/mol. The maximum absolute atomic E-state index is 8.79. The van der Waals surface area contributed by atoms with Gasteiger partial charge in [-0.15, -0.1) is 0 Å². The highest BCUT2D eigenvalue weighted by Gasteiger charge is 2.27. The predicted octanol–water partition coefficient (Wildman–Crippen LogP) is 3.36. The first kappa shape index (κ1) is 12.0. The van der Waals surface area contributed by atoms with Crippen molar-refractivity contribution >= 4 is 39.8 Å². The zero-order chi connectivity index (χ0) is 11.5. The van der Waals surface area contributed by atoms with Crippen LogP contribution in [0.3, 0.4) is 0 Å². The smallest absolute Gasteiger partial charge is 0.185 e. The maximum atomic E-state index is 8.79. The van der Waals surface area contributed by atoms with Gasteiger partial charge in [0.2, 0.25) is 0 Å². The summed E-state index contributed by atoms with van der Waals surface area (Å²) in [6.45, 7) is 0. The van der Waals surface area contributed by atoms with Crippen LogP contribution in [0.25, 0.3) is 0 Å². The molecule has 2 unspecified atom stereocenters. The molecule has 6 heteroatoms. The van der Waals surface area contributed by atoms with Gasteiger partial charge >= 0.3 is 0 Å². The lowest BCUT2D eigenvalue weighted by molar-refractivity contribution is 0.767. The molecule has 0 spiro atoms. The Morgan fingerprint density at radius 3 is 3.06 bits per heavy atom. The number of rotatable bonds is 3. The second-order valence-corrected chi connectivity index (χ2v) is 6.14. The molecule has 0 aromatic carbocycles. The molecule has 1 saturated carbocycles. The molecule has 2 atom stereocenters. The van der Waals surface area contributed by atoms with Crippen LogP contribution in [-0.4, -0.2) is 22.5 Å². The third-order valence-corrected chi connectivity index (χ3v) is 5.20. The van der Waals surface area contributed by atoms with Crippen molar-refractivity contribution in [2.75, 3.05) is 11.6 Å². The van der Waals surface area contributed by atoms with Crippen LogP contribution < -0.4 is 5.32 Å². The number of nitriles is 1. The number of thiazole rings is 1. The largest absolute Gasteiger partial charge is 0.358 e. The number of nitrogens with one attached hydrogen (secondary N) is 1. The first-order valence-electron chi connectivity index (χ1n) is 5.10. The van der Waals surface area contributed by atoms with Gasteiger partial charge < -0.3 is 5.32 Å². The highest BCUT2D eigenvalue weighted by molar-refractivity contribution is 7.99. The molecule has 0 radical (unpaired) electrons. The summed E-state index contributed by atoms with van der Waals surface area (Å²) in [5.41, 5.74) is 0. The third-order valence-electron chi connectivity index (χ3n) is 2.75. The molecule has 0 bridgehead atoms. The lowest BCUT2D eigenvalue weighted by atomic mass is 10.2. The van der Waals surface area contributed by atoms with E-state index in [1.54, 1.807) is 0 Å². The normalized spacial score (nSPS) is 24.3. The van der Waals surface area contributed by atoms with Crippen molar-refractivity contribution in [1.82, 2.24) is 4.98 Å². The molecule has 86 valence electrons. The van der Waals surface area contributed by atoms with E-state index in [2.05, 4.69) is 16.6 Å². The molecule has 1 aromatic heterocycles. The van der Waals surface area contributed by atoms with Crippen LogP contribution in [0.4, 0.5) is 5.13 Å². The highest BCUT2D eigenvalue weighted by atomic mass is 35.5. The molecule has 0 amide bonds. The van der Waals surface area contributed by atoms with Gasteiger partial charge in [0.15, 0.2) is 10.3 Å². The van der Waals surface area contributed by atoms with Crippen LogP contribution in [0.5, 0.6) is 0 Å². The Bertz CT molecular complexity index is 413. The lowest BCUT2D eigenvalue weighted by Gasteiger charge is -2.18. The van der Waals surface area contributed by atoms with Crippen molar-refractivity contribution < 1.29 is 0 Å². The van der Waals surface area contributed by atoms with E-state index in [1.165, 1.54) is 30.6 Å². The predicted molar refractivity (Wildman–Crippen MR) is 70.4 cm³/mol. The van der Waals surface area contributed by atoms with Crippen LogP contribution in [0.1, 0.15) is 24.1 Å². The minimum absolute atomic E-state index is 0.314. The van der Waals surface area contributed by atoms with Crippen LogP contribution in [0.15, 0.2) is 0 Å². The monoisotopic (exact) mass is 273 g/mol. The molecule has 1 heterocycles. The summed E-state index contributed by atoms with van der Waals surface area (Å²) >= 11 is 9.06. The first-order chi connectivity index (χ1) is 7.74. The van der Waals surface area contributed by atoms with Crippen LogP contribution in [0.2, 0.25) is 5.15 Å². The zero-order valence-electron chi connectivity index (χ0n) is 8.86. The van der Waals surface area contributed by atoms with Gasteiger partial charge in [-0.1, -0.05) is 29.4 Å². The Labute approximate surface area is 108 Å². The minimum Gasteiger partial charge on any atom is -0.358 e. The van der Waals surface area contributed by atoms with Gasteiger partial charge in [0.1, 0.15) is 10.9 Å². The molecule has 1 aliphatic rings. The summed E-state index contributed by atoms with van der Waals surface area (Å²) in [4.78, 5) is 4.64. The van der Waals surface area contributed by atoms with E-state index in [0.717, 1.165) is 5.13 Å². The van der Waals surface area contributed by atoms with Crippen LogP contribution in [0, 0.1) is 11.3 Å². The summed E-state index contributed by atoms with van der Waals surface area (Å²) in [7, 11) is 0. The van der Waals surface area contributed by atoms with E-state index in [0.29, 0.717) is 21.3 Å². The van der Waals surface area contributed by atoms with E-state index < -0.39 is 0 Å². The SMILES string of the molecule is CSC1CCCC1Nc1nc(Cl)c(C#N)s1. The van der Waals surface area contributed by atoms with Crippen molar-refractivity contribution in [3.63, 3.8) is 0 Å². The Morgan fingerprint density at radius 2 is 2.44 bits per heavy atom. The summed E-state index contributed by atoms with van der Waals surface area (Å²) in [5, 5.41) is 13.9. The van der Waals surface area contributed by atoms with Crippen LogP contribution >= 0.6 is 34.7 Å². The number of thioether (sulfide) groups is 1. The molecule has 2 rings (SSSR count). The number of hydrogen-bond acceptors (Lipinski definition) is 5. The van der Waals surface area contributed by atoms with Gasteiger partial charge in [0.25, 0.3) is 0 Å². The van der Waals surface area contributed by atoms with E-state index >= 15 is 0 Å². The summed E-state index contributed by atoms with van der Waals surface area (Å²) in [6.07, 6.45) is 5.82. The molecular formula is C10H12ClN3S2. The quantitative estimate of drug-likeness (QED) is 0.917. The van der Waals surface area contributed by atoms with E-state index in [1.807, 2.05) is 17.8 Å². The maximum Gasteiger partial charge on any atom is 0.185 e. The summed E-state index contributed by atoms with van der Waals surface area (Å²) in [6, 6.07) is 2.51. The number of anilines is 1. The number of nitrogens with zero attached hydrogens (tertiary/aromatic N) is 2. The fourth-order valence-corrected chi connectivity index (χ4v) is 3.91. The van der Waals surface area contributed by atoms with E-state index in [9.17, 15) is 0 Å². The molecule has 3 nitrogen and oxygen atoms in total. The Morgan fingerprint density at radius 1 is 1.62 bits per heavy atom. The third kappa shape index (κ3) is 2.45. The first-order valence-corrected chi connectivity index (χ1v) is 7.58. The average molecular weight is 274 g/mol. The van der Waals surface area contributed by atoms with Gasteiger partial charge in [0, 0.05) is 11.3 Å². The van der Waals surface area contributed by atoms with E-state index in [4.69, 9.17) is 16.9 Å². The van der Waals surface area contributed by atoms with Crippen LogP contribution in [-0.2, 0) is 0 Å². The van der Waals surface area contributed by atoms with Crippen molar-refractivity contribution in [2.24, 2.45) is 0 Å². The van der Waals surface area contributed by atoms with Crippen molar-refractivity contribution in [1.29, 1.82) is 5.26 Å². The minimum atomic E-state index is 0.314. The number of aromatic nitrogens is 1. The molecule has 16 heavy (non-hydrogen) atoms. The molecule has 1 aromatic rings. The number of halogens is 1. The van der Waals surface area contributed by atoms with Crippen molar-refractivity contribution in [3.05, 3.63) is 10.0 Å². The Kier molecular flexibility index (Phi) is 3.95. The van der Waals surface area contributed by atoms with Gasteiger partial charge in [0.05, 0.1) is 0 Å². The lowest BCUT2D eigenvalue weighted by Crippen LogP contribution is -2.25.